The van der Waals surface area contributed by atoms with Gasteiger partial charge in [0.15, 0.2) is 0 Å². The van der Waals surface area contributed by atoms with Crippen molar-refractivity contribution in [3.8, 4) is 0 Å². The van der Waals surface area contributed by atoms with E-state index in [1.54, 1.807) is 24.5 Å². The predicted molar refractivity (Wildman–Crippen MR) is 117 cm³/mol. The van der Waals surface area contributed by atoms with Gasteiger partial charge >= 0.3 is 0 Å². The molecule has 0 radical (unpaired) electrons. The number of likely N-dealkylation sites (tertiary alicyclic amines) is 1. The van der Waals surface area contributed by atoms with Gasteiger partial charge in [-0.2, -0.15) is 0 Å². The molecule has 4 heterocycles. The topological polar surface area (TPSA) is 91.5 Å². The third-order valence-corrected chi connectivity index (χ3v) is 6.21. The van der Waals surface area contributed by atoms with E-state index < -0.39 is 0 Å². The highest BCUT2D eigenvalue weighted by Gasteiger charge is 2.34. The van der Waals surface area contributed by atoms with E-state index in [9.17, 15) is 9.59 Å². The van der Waals surface area contributed by atoms with Crippen LogP contribution in [0.25, 0.3) is 0 Å². The van der Waals surface area contributed by atoms with Crippen LogP contribution in [-0.2, 0) is 16.0 Å². The summed E-state index contributed by atoms with van der Waals surface area (Å²) in [7, 11) is 0. The van der Waals surface area contributed by atoms with E-state index in [0.29, 0.717) is 38.2 Å². The smallest absolute Gasteiger partial charge is 0.255 e. The van der Waals surface area contributed by atoms with Gasteiger partial charge in [-0.05, 0) is 57.2 Å². The number of nitrogens with one attached hydrogen (secondary N) is 1. The molecule has 1 N–H and O–H groups in total. The molecule has 8 nitrogen and oxygen atoms in total. The monoisotopic (exact) mass is 423 g/mol. The maximum absolute atomic E-state index is 13.3. The summed E-state index contributed by atoms with van der Waals surface area (Å²) in [4.78, 5) is 33.0. The molecule has 4 rings (SSSR count). The number of piperidine rings is 1. The van der Waals surface area contributed by atoms with Gasteiger partial charge in [-0.15, -0.1) is 0 Å². The number of carbonyl (C=O) groups excluding carboxylic acids is 2. The standard InChI is InChI=1S/C23H29N5O3/c1-23(2)7-3-4-8-28(23)22(30)18-13-17-6-11-31-12-10-27(21(17)25-15-18)19-5-9-26(16-29)20(24)14-19/h5,9,13-16,24H,3-4,6-8,10-12H2,1-2H3. The molecule has 0 aliphatic carbocycles. The molecule has 0 atom stereocenters. The maximum Gasteiger partial charge on any atom is 0.255 e. The Morgan fingerprint density at radius 1 is 1.23 bits per heavy atom. The van der Waals surface area contributed by atoms with Gasteiger partial charge in [0.1, 0.15) is 11.3 Å². The average Bonchev–Trinajstić information content (AvgIpc) is 2.73. The third-order valence-electron chi connectivity index (χ3n) is 6.21. The molecular formula is C23H29N5O3. The van der Waals surface area contributed by atoms with Gasteiger partial charge < -0.3 is 14.5 Å². The van der Waals surface area contributed by atoms with E-state index in [1.165, 1.54) is 4.57 Å². The number of hydrogen-bond donors (Lipinski definition) is 1. The van der Waals surface area contributed by atoms with Gasteiger partial charge in [-0.25, -0.2) is 4.98 Å². The number of fused-ring (bicyclic) bond motifs is 1. The molecule has 2 aliphatic rings. The number of hydrogen-bond acceptors (Lipinski definition) is 6. The Kier molecular flexibility index (Phi) is 5.91. The molecule has 1 fully saturated rings. The van der Waals surface area contributed by atoms with Crippen LogP contribution in [0.3, 0.4) is 0 Å². The number of anilines is 2. The molecular weight excluding hydrogens is 394 g/mol. The van der Waals surface area contributed by atoms with Crippen LogP contribution in [0.1, 0.15) is 49.0 Å². The molecule has 0 bridgehead atoms. The number of nitrogens with zero attached hydrogens (tertiary/aromatic N) is 4. The summed E-state index contributed by atoms with van der Waals surface area (Å²) in [5.41, 5.74) is 2.24. The van der Waals surface area contributed by atoms with Crippen molar-refractivity contribution in [1.82, 2.24) is 14.5 Å². The lowest BCUT2D eigenvalue weighted by Crippen LogP contribution is -2.50. The van der Waals surface area contributed by atoms with E-state index in [4.69, 9.17) is 15.1 Å². The summed E-state index contributed by atoms with van der Waals surface area (Å²) in [5.74, 6) is 0.788. The van der Waals surface area contributed by atoms with Crippen molar-refractivity contribution < 1.29 is 14.3 Å². The van der Waals surface area contributed by atoms with E-state index in [0.717, 1.165) is 42.9 Å². The minimum absolute atomic E-state index is 0.0229. The van der Waals surface area contributed by atoms with Crippen molar-refractivity contribution in [3.05, 3.63) is 47.2 Å². The minimum Gasteiger partial charge on any atom is -0.379 e. The van der Waals surface area contributed by atoms with Crippen molar-refractivity contribution in [2.24, 2.45) is 0 Å². The van der Waals surface area contributed by atoms with E-state index in [1.807, 2.05) is 15.9 Å². The molecule has 8 heteroatoms. The number of amides is 1. The Labute approximate surface area is 182 Å². The van der Waals surface area contributed by atoms with Gasteiger partial charge in [0.05, 0.1) is 18.8 Å². The minimum atomic E-state index is -0.155. The Morgan fingerprint density at radius 3 is 2.81 bits per heavy atom. The summed E-state index contributed by atoms with van der Waals surface area (Å²) < 4.78 is 6.94. The van der Waals surface area contributed by atoms with Gasteiger partial charge in [0, 0.05) is 42.8 Å². The van der Waals surface area contributed by atoms with E-state index in [-0.39, 0.29) is 16.9 Å². The average molecular weight is 424 g/mol. The summed E-state index contributed by atoms with van der Waals surface area (Å²) in [6, 6.07) is 5.36. The van der Waals surface area contributed by atoms with Crippen LogP contribution in [0.4, 0.5) is 11.5 Å². The summed E-state index contributed by atoms with van der Waals surface area (Å²) in [6.07, 6.45) is 7.66. The Morgan fingerprint density at radius 2 is 2.06 bits per heavy atom. The fraction of sp³-hybridized carbons (Fsp3) is 0.478. The first-order valence-corrected chi connectivity index (χ1v) is 10.8. The molecule has 2 aliphatic heterocycles. The van der Waals surface area contributed by atoms with Gasteiger partial charge in [0.25, 0.3) is 5.91 Å². The second kappa shape index (κ2) is 8.63. The molecule has 0 aromatic carbocycles. The lowest BCUT2D eigenvalue weighted by atomic mass is 9.89. The van der Waals surface area contributed by atoms with Crippen LogP contribution in [0.5, 0.6) is 0 Å². The van der Waals surface area contributed by atoms with Crippen molar-refractivity contribution in [2.45, 2.75) is 45.1 Å². The molecule has 2 aromatic rings. The third kappa shape index (κ3) is 4.25. The lowest BCUT2D eigenvalue weighted by molar-refractivity contribution is 0.0433. The lowest BCUT2D eigenvalue weighted by Gasteiger charge is -2.42. The molecule has 0 saturated carbocycles. The zero-order valence-electron chi connectivity index (χ0n) is 18.1. The highest BCUT2D eigenvalue weighted by Crippen LogP contribution is 2.31. The summed E-state index contributed by atoms with van der Waals surface area (Å²) >= 11 is 0. The molecule has 1 amide bonds. The maximum atomic E-state index is 13.3. The Bertz CT molecular complexity index is 1050. The van der Waals surface area contributed by atoms with Crippen LogP contribution >= 0.6 is 0 Å². The second-order valence-electron chi connectivity index (χ2n) is 8.73. The van der Waals surface area contributed by atoms with Gasteiger partial charge in [-0.3, -0.25) is 19.6 Å². The zero-order valence-corrected chi connectivity index (χ0v) is 18.1. The first-order chi connectivity index (χ1) is 14.9. The van der Waals surface area contributed by atoms with E-state index in [2.05, 4.69) is 13.8 Å². The van der Waals surface area contributed by atoms with Gasteiger partial charge in [-0.1, -0.05) is 0 Å². The van der Waals surface area contributed by atoms with Crippen LogP contribution in [0.15, 0.2) is 30.6 Å². The molecule has 1 saturated heterocycles. The predicted octanol–water partition coefficient (Wildman–Crippen LogP) is 2.52. The summed E-state index contributed by atoms with van der Waals surface area (Å²) in [5, 5.41) is 8.06. The number of ether oxygens (including phenoxy) is 1. The van der Waals surface area contributed by atoms with Crippen LogP contribution in [-0.4, -0.2) is 58.6 Å². The Balaban J connectivity index is 1.70. The molecule has 0 unspecified atom stereocenters. The second-order valence-corrected chi connectivity index (χ2v) is 8.73. The summed E-state index contributed by atoms with van der Waals surface area (Å²) in [6.45, 7) is 6.68. The molecule has 2 aromatic heterocycles. The van der Waals surface area contributed by atoms with Crippen LogP contribution in [0, 0.1) is 5.41 Å². The largest absolute Gasteiger partial charge is 0.379 e. The fourth-order valence-electron chi connectivity index (χ4n) is 4.40. The van der Waals surface area contributed by atoms with E-state index >= 15 is 0 Å². The number of rotatable bonds is 3. The number of aromatic nitrogens is 2. The zero-order chi connectivity index (χ0) is 22.0. The first kappa shape index (κ1) is 21.2. The fourth-order valence-corrected chi connectivity index (χ4v) is 4.40. The highest BCUT2D eigenvalue weighted by atomic mass is 16.5. The first-order valence-electron chi connectivity index (χ1n) is 10.8. The van der Waals surface area contributed by atoms with Crippen molar-refractivity contribution in [1.29, 1.82) is 5.41 Å². The van der Waals surface area contributed by atoms with Crippen molar-refractivity contribution in [2.75, 3.05) is 31.2 Å². The van der Waals surface area contributed by atoms with Gasteiger partial charge in [0.2, 0.25) is 6.41 Å². The van der Waals surface area contributed by atoms with Crippen molar-refractivity contribution >= 4 is 23.8 Å². The molecule has 0 spiro atoms. The molecule has 164 valence electrons. The van der Waals surface area contributed by atoms with Crippen molar-refractivity contribution in [3.63, 3.8) is 0 Å². The number of pyridine rings is 2. The normalized spacial score (nSPS) is 18.6. The molecule has 31 heavy (non-hydrogen) atoms. The van der Waals surface area contributed by atoms with Crippen LogP contribution < -0.4 is 10.4 Å². The quantitative estimate of drug-likeness (QED) is 0.766. The SMILES string of the molecule is CC1(C)CCCCN1C(=O)c1cnc2c(c1)CCOCCN2c1ccn(C=O)c(=N)c1. The highest BCUT2D eigenvalue weighted by molar-refractivity contribution is 5.95. The Hall–Kier alpha value is -3.00. The van der Waals surface area contributed by atoms with Crippen LogP contribution in [0.2, 0.25) is 0 Å². The number of carbonyl (C=O) groups is 2.